The first-order valence-corrected chi connectivity index (χ1v) is 6.77. The average Bonchev–Trinajstić information content (AvgIpc) is 2.22. The molecule has 7 heteroatoms. The molecule has 0 bridgehead atoms. The van der Waals surface area contributed by atoms with Crippen LogP contribution in [0.5, 0.6) is 0 Å². The largest absolute Gasteiger partial charge is 0.416 e. The molecule has 19 heavy (non-hydrogen) atoms. The molecule has 1 atom stereocenters. The Morgan fingerprint density at radius 1 is 1.21 bits per heavy atom. The Morgan fingerprint density at radius 3 is 2.26 bits per heavy atom. The van der Waals surface area contributed by atoms with Gasteiger partial charge in [0, 0.05) is 12.2 Å². The summed E-state index contributed by atoms with van der Waals surface area (Å²) < 4.78 is 51.8. The molecule has 0 amide bonds. The molecule has 0 aliphatic carbocycles. The molecule has 3 nitrogen and oxygen atoms in total. The van der Waals surface area contributed by atoms with Crippen molar-refractivity contribution < 1.29 is 17.4 Å². The molecule has 1 unspecified atom stereocenters. The standard InChI is InChI=1S/C12H17F3N2OS/c1-11(2,3)19(18)17-7-8-4-9(12(13,14)15)6-10(16)5-8/h4-6,17H,7,16H2,1-3H3. The molecule has 0 spiro atoms. The molecule has 1 aromatic rings. The van der Waals surface area contributed by atoms with Crippen LogP contribution in [0.3, 0.4) is 0 Å². The molecular weight excluding hydrogens is 277 g/mol. The van der Waals surface area contributed by atoms with Gasteiger partial charge in [0.05, 0.1) is 21.3 Å². The lowest BCUT2D eigenvalue weighted by molar-refractivity contribution is -0.137. The Kier molecular flexibility index (Phi) is 4.63. The maximum atomic E-state index is 12.6. The zero-order valence-electron chi connectivity index (χ0n) is 11.0. The first kappa shape index (κ1) is 16.0. The molecular formula is C12H17F3N2OS. The quantitative estimate of drug-likeness (QED) is 0.842. The van der Waals surface area contributed by atoms with Crippen molar-refractivity contribution >= 4 is 16.7 Å². The van der Waals surface area contributed by atoms with Gasteiger partial charge in [0.2, 0.25) is 0 Å². The molecule has 0 aromatic heterocycles. The minimum Gasteiger partial charge on any atom is -0.399 e. The molecule has 0 heterocycles. The number of benzene rings is 1. The van der Waals surface area contributed by atoms with Crippen LogP contribution in [-0.4, -0.2) is 8.96 Å². The number of halogens is 3. The van der Waals surface area contributed by atoms with E-state index in [1.54, 1.807) is 20.8 Å². The Bertz CT molecular complexity index is 481. The van der Waals surface area contributed by atoms with E-state index < -0.39 is 27.5 Å². The highest BCUT2D eigenvalue weighted by Gasteiger charge is 2.31. The third-order valence-corrected chi connectivity index (χ3v) is 3.82. The van der Waals surface area contributed by atoms with Crippen molar-refractivity contribution in [2.75, 3.05) is 5.73 Å². The normalized spacial score (nSPS) is 14.4. The zero-order valence-corrected chi connectivity index (χ0v) is 11.8. The van der Waals surface area contributed by atoms with E-state index in [9.17, 15) is 17.4 Å². The summed E-state index contributed by atoms with van der Waals surface area (Å²) >= 11 is 0. The van der Waals surface area contributed by atoms with E-state index in [0.717, 1.165) is 12.1 Å². The predicted molar refractivity (Wildman–Crippen MR) is 70.6 cm³/mol. The SMILES string of the molecule is CC(C)(C)S(=O)NCc1cc(N)cc(C(F)(F)F)c1. The minimum atomic E-state index is -4.44. The number of alkyl halides is 3. The summed E-state index contributed by atoms with van der Waals surface area (Å²) in [7, 11) is -1.34. The number of anilines is 1. The lowest BCUT2D eigenvalue weighted by Crippen LogP contribution is -2.32. The van der Waals surface area contributed by atoms with E-state index in [-0.39, 0.29) is 12.2 Å². The van der Waals surface area contributed by atoms with Crippen LogP contribution >= 0.6 is 0 Å². The summed E-state index contributed by atoms with van der Waals surface area (Å²) in [6.07, 6.45) is -4.44. The number of hydrogen-bond donors (Lipinski definition) is 2. The van der Waals surface area contributed by atoms with Gasteiger partial charge in [-0.15, -0.1) is 0 Å². The molecule has 1 aromatic carbocycles. The van der Waals surface area contributed by atoms with Crippen molar-refractivity contribution in [1.29, 1.82) is 0 Å². The first-order valence-electron chi connectivity index (χ1n) is 5.62. The van der Waals surface area contributed by atoms with Crippen LogP contribution in [0.2, 0.25) is 0 Å². The second-order valence-corrected chi connectivity index (χ2v) is 7.21. The fraction of sp³-hybridized carbons (Fsp3) is 0.500. The Labute approximate surface area is 113 Å². The van der Waals surface area contributed by atoms with Gasteiger partial charge >= 0.3 is 6.18 Å². The fourth-order valence-electron chi connectivity index (χ4n) is 1.35. The van der Waals surface area contributed by atoms with Crippen LogP contribution in [0.4, 0.5) is 18.9 Å². The third-order valence-electron chi connectivity index (χ3n) is 2.31. The summed E-state index contributed by atoms with van der Waals surface area (Å²) in [5.41, 5.74) is 5.03. The van der Waals surface area contributed by atoms with Crippen LogP contribution in [0.1, 0.15) is 31.9 Å². The minimum absolute atomic E-state index is 0.0353. The van der Waals surface area contributed by atoms with E-state index in [4.69, 9.17) is 5.73 Å². The molecule has 0 saturated carbocycles. The predicted octanol–water partition coefficient (Wildman–Crippen LogP) is 2.84. The van der Waals surface area contributed by atoms with Crippen LogP contribution in [0, 0.1) is 0 Å². The number of nitrogens with two attached hydrogens (primary N) is 1. The molecule has 0 radical (unpaired) electrons. The molecule has 3 N–H and O–H groups in total. The highest BCUT2D eigenvalue weighted by Crippen LogP contribution is 2.31. The van der Waals surface area contributed by atoms with Gasteiger partial charge in [-0.05, 0) is 44.5 Å². The van der Waals surface area contributed by atoms with Crippen LogP contribution < -0.4 is 10.5 Å². The lowest BCUT2D eigenvalue weighted by atomic mass is 10.1. The second kappa shape index (κ2) is 5.50. The van der Waals surface area contributed by atoms with E-state index in [1.165, 1.54) is 6.07 Å². The molecule has 0 saturated heterocycles. The molecule has 108 valence electrons. The summed E-state index contributed by atoms with van der Waals surface area (Å²) in [6, 6.07) is 3.32. The van der Waals surface area contributed by atoms with Gasteiger partial charge in [-0.25, -0.2) is 8.93 Å². The van der Waals surface area contributed by atoms with Gasteiger partial charge in [0.1, 0.15) is 0 Å². The fourth-order valence-corrected chi connectivity index (χ4v) is 2.08. The zero-order chi connectivity index (χ0) is 14.8. The van der Waals surface area contributed by atoms with Crippen LogP contribution in [-0.2, 0) is 23.7 Å². The summed E-state index contributed by atoms with van der Waals surface area (Å²) in [6.45, 7) is 5.39. The molecule has 0 aliphatic heterocycles. The van der Waals surface area contributed by atoms with E-state index in [2.05, 4.69) is 4.72 Å². The van der Waals surface area contributed by atoms with Crippen molar-refractivity contribution in [3.63, 3.8) is 0 Å². The van der Waals surface area contributed by atoms with E-state index >= 15 is 0 Å². The Morgan fingerprint density at radius 2 is 1.79 bits per heavy atom. The molecule has 0 aliphatic rings. The van der Waals surface area contributed by atoms with Gasteiger partial charge < -0.3 is 5.73 Å². The van der Waals surface area contributed by atoms with Gasteiger partial charge in [-0.1, -0.05) is 0 Å². The van der Waals surface area contributed by atoms with Crippen molar-refractivity contribution in [2.45, 2.75) is 38.2 Å². The van der Waals surface area contributed by atoms with E-state index in [1.807, 2.05) is 0 Å². The van der Waals surface area contributed by atoms with E-state index in [0.29, 0.717) is 5.56 Å². The maximum absolute atomic E-state index is 12.6. The number of nitrogen functional groups attached to an aromatic ring is 1. The van der Waals surface area contributed by atoms with Crippen LogP contribution in [0.15, 0.2) is 18.2 Å². The first-order chi connectivity index (χ1) is 8.50. The number of hydrogen-bond acceptors (Lipinski definition) is 2. The van der Waals surface area contributed by atoms with Crippen molar-refractivity contribution in [2.24, 2.45) is 0 Å². The van der Waals surface area contributed by atoms with Crippen molar-refractivity contribution in [3.8, 4) is 0 Å². The number of nitrogens with one attached hydrogen (secondary N) is 1. The van der Waals surface area contributed by atoms with Gasteiger partial charge in [-0.2, -0.15) is 13.2 Å². The van der Waals surface area contributed by atoms with Crippen LogP contribution in [0.25, 0.3) is 0 Å². The highest BCUT2D eigenvalue weighted by molar-refractivity contribution is 7.84. The van der Waals surface area contributed by atoms with Gasteiger partial charge in [-0.3, -0.25) is 0 Å². The smallest absolute Gasteiger partial charge is 0.399 e. The Hall–Kier alpha value is -1.08. The summed E-state index contributed by atoms with van der Waals surface area (Å²) in [4.78, 5) is 0. The molecule has 1 rings (SSSR count). The Balaban J connectivity index is 2.86. The maximum Gasteiger partial charge on any atom is 0.416 e. The average molecular weight is 294 g/mol. The number of rotatable bonds is 3. The van der Waals surface area contributed by atoms with Gasteiger partial charge in [0.25, 0.3) is 0 Å². The lowest BCUT2D eigenvalue weighted by Gasteiger charge is -2.18. The topological polar surface area (TPSA) is 55.1 Å². The second-order valence-electron chi connectivity index (χ2n) is 5.16. The van der Waals surface area contributed by atoms with Gasteiger partial charge in [0.15, 0.2) is 0 Å². The van der Waals surface area contributed by atoms with Crippen molar-refractivity contribution in [3.05, 3.63) is 29.3 Å². The molecule has 0 fully saturated rings. The summed E-state index contributed by atoms with van der Waals surface area (Å²) in [5.74, 6) is 0. The van der Waals surface area contributed by atoms with Crippen molar-refractivity contribution in [1.82, 2.24) is 4.72 Å². The monoisotopic (exact) mass is 294 g/mol. The summed E-state index contributed by atoms with van der Waals surface area (Å²) in [5, 5.41) is 0. The third kappa shape index (κ3) is 4.83. The highest BCUT2D eigenvalue weighted by atomic mass is 32.2.